The van der Waals surface area contributed by atoms with Crippen molar-refractivity contribution < 1.29 is 13.2 Å². The summed E-state index contributed by atoms with van der Waals surface area (Å²) in [4.78, 5) is 0. The van der Waals surface area contributed by atoms with Gasteiger partial charge in [0.25, 0.3) is 0 Å². The van der Waals surface area contributed by atoms with Crippen LogP contribution >= 0.6 is 0 Å². The molecule has 6 heteroatoms. The fourth-order valence-corrected chi connectivity index (χ4v) is 3.36. The average molecular weight is 292 g/mol. The van der Waals surface area contributed by atoms with Gasteiger partial charge in [0.15, 0.2) is 0 Å². The van der Waals surface area contributed by atoms with E-state index in [1.807, 2.05) is 0 Å². The molecule has 1 rings (SSSR count). The summed E-state index contributed by atoms with van der Waals surface area (Å²) in [6.07, 6.45) is 5.09. The van der Waals surface area contributed by atoms with Crippen molar-refractivity contribution in [2.24, 2.45) is 5.92 Å². The third-order valence-electron chi connectivity index (χ3n) is 3.46. The molecule has 114 valence electrons. The molecule has 2 N–H and O–H groups in total. The Balaban J connectivity index is 2.06. The Kier molecular flexibility index (Phi) is 8.61. The minimum absolute atomic E-state index is 0.243. The second kappa shape index (κ2) is 9.69. The predicted molar refractivity (Wildman–Crippen MR) is 77.7 cm³/mol. The Morgan fingerprint density at radius 3 is 2.68 bits per heavy atom. The standard InChI is InChI=1S/C13H28N2O3S/c1-2-3-10-18-11-9-15-19(16,17)12-6-13-4-7-14-8-5-13/h13-15H,2-12H2,1H3. The highest BCUT2D eigenvalue weighted by Gasteiger charge is 2.17. The monoisotopic (exact) mass is 292 g/mol. The Bertz CT molecular complexity index is 314. The molecule has 1 aliphatic heterocycles. The van der Waals surface area contributed by atoms with Crippen molar-refractivity contribution in [1.82, 2.24) is 10.0 Å². The number of hydrogen-bond donors (Lipinski definition) is 2. The molecule has 0 spiro atoms. The topological polar surface area (TPSA) is 67.4 Å². The second-order valence-corrected chi connectivity index (χ2v) is 7.09. The average Bonchev–Trinajstić information content (AvgIpc) is 2.42. The molecule has 0 unspecified atom stereocenters. The van der Waals surface area contributed by atoms with Crippen molar-refractivity contribution in [2.75, 3.05) is 38.6 Å². The lowest BCUT2D eigenvalue weighted by atomic mass is 9.96. The summed E-state index contributed by atoms with van der Waals surface area (Å²) in [5.41, 5.74) is 0. The van der Waals surface area contributed by atoms with Crippen LogP contribution in [0.4, 0.5) is 0 Å². The highest BCUT2D eigenvalue weighted by Crippen LogP contribution is 2.16. The van der Waals surface area contributed by atoms with E-state index in [1.54, 1.807) is 0 Å². The van der Waals surface area contributed by atoms with Gasteiger partial charge in [0.2, 0.25) is 10.0 Å². The van der Waals surface area contributed by atoms with Crippen LogP contribution in [0.2, 0.25) is 0 Å². The molecule has 0 bridgehead atoms. The third kappa shape index (κ3) is 8.57. The van der Waals surface area contributed by atoms with Crippen molar-refractivity contribution in [3.05, 3.63) is 0 Å². The van der Waals surface area contributed by atoms with Crippen LogP contribution in [0.3, 0.4) is 0 Å². The molecule has 1 saturated heterocycles. The lowest BCUT2D eigenvalue weighted by Gasteiger charge is -2.22. The number of ether oxygens (including phenoxy) is 1. The maximum Gasteiger partial charge on any atom is 0.211 e. The van der Waals surface area contributed by atoms with Gasteiger partial charge >= 0.3 is 0 Å². The SMILES string of the molecule is CCCCOCCNS(=O)(=O)CCC1CCNCC1. The van der Waals surface area contributed by atoms with E-state index in [4.69, 9.17) is 4.74 Å². The molecular formula is C13H28N2O3S. The van der Waals surface area contributed by atoms with E-state index >= 15 is 0 Å². The van der Waals surface area contributed by atoms with Crippen LogP contribution in [-0.4, -0.2) is 47.0 Å². The summed E-state index contributed by atoms with van der Waals surface area (Å²) >= 11 is 0. The van der Waals surface area contributed by atoms with Gasteiger partial charge in [0.1, 0.15) is 0 Å². The van der Waals surface area contributed by atoms with Crippen LogP contribution in [-0.2, 0) is 14.8 Å². The third-order valence-corrected chi connectivity index (χ3v) is 4.88. The van der Waals surface area contributed by atoms with E-state index in [9.17, 15) is 8.42 Å². The molecule has 0 saturated carbocycles. The highest BCUT2D eigenvalue weighted by molar-refractivity contribution is 7.89. The molecule has 0 radical (unpaired) electrons. The first-order valence-corrected chi connectivity index (χ1v) is 9.05. The first kappa shape index (κ1) is 16.9. The highest BCUT2D eigenvalue weighted by atomic mass is 32.2. The Labute approximate surface area is 117 Å². The van der Waals surface area contributed by atoms with Crippen LogP contribution < -0.4 is 10.0 Å². The van der Waals surface area contributed by atoms with Crippen molar-refractivity contribution in [2.45, 2.75) is 39.0 Å². The van der Waals surface area contributed by atoms with E-state index in [-0.39, 0.29) is 5.75 Å². The van der Waals surface area contributed by atoms with E-state index in [2.05, 4.69) is 17.0 Å². The largest absolute Gasteiger partial charge is 0.380 e. The predicted octanol–water partition coefficient (Wildman–Crippen LogP) is 1.11. The van der Waals surface area contributed by atoms with Crippen molar-refractivity contribution in [3.8, 4) is 0 Å². The van der Waals surface area contributed by atoms with Gasteiger partial charge in [-0.1, -0.05) is 13.3 Å². The van der Waals surface area contributed by atoms with Crippen LogP contribution in [0.15, 0.2) is 0 Å². The number of rotatable bonds is 10. The van der Waals surface area contributed by atoms with Gasteiger partial charge in [-0.3, -0.25) is 0 Å². The van der Waals surface area contributed by atoms with Crippen LogP contribution in [0, 0.1) is 5.92 Å². The summed E-state index contributed by atoms with van der Waals surface area (Å²) in [5.74, 6) is 0.797. The van der Waals surface area contributed by atoms with Gasteiger partial charge in [-0.05, 0) is 44.7 Å². The first-order chi connectivity index (χ1) is 9.14. The Morgan fingerprint density at radius 2 is 2.00 bits per heavy atom. The molecule has 5 nitrogen and oxygen atoms in total. The van der Waals surface area contributed by atoms with Crippen LogP contribution in [0.5, 0.6) is 0 Å². The van der Waals surface area contributed by atoms with Gasteiger partial charge in [0, 0.05) is 13.2 Å². The zero-order valence-corrected chi connectivity index (χ0v) is 12.8. The molecule has 1 aliphatic rings. The lowest BCUT2D eigenvalue weighted by Crippen LogP contribution is -2.32. The number of unbranched alkanes of at least 4 members (excludes halogenated alkanes) is 1. The number of hydrogen-bond acceptors (Lipinski definition) is 4. The van der Waals surface area contributed by atoms with Crippen molar-refractivity contribution >= 4 is 10.0 Å². The number of nitrogens with one attached hydrogen (secondary N) is 2. The summed E-state index contributed by atoms with van der Waals surface area (Å²) in [7, 11) is -3.12. The normalized spacial score (nSPS) is 17.7. The zero-order chi connectivity index (χ0) is 14.0. The van der Waals surface area contributed by atoms with Gasteiger partial charge < -0.3 is 10.1 Å². The van der Waals surface area contributed by atoms with Gasteiger partial charge in [-0.25, -0.2) is 13.1 Å². The smallest absolute Gasteiger partial charge is 0.211 e. The second-order valence-electron chi connectivity index (χ2n) is 5.16. The fourth-order valence-electron chi connectivity index (χ4n) is 2.18. The quantitative estimate of drug-likeness (QED) is 0.592. The minimum atomic E-state index is -3.12. The first-order valence-electron chi connectivity index (χ1n) is 7.40. The Morgan fingerprint density at radius 1 is 1.26 bits per heavy atom. The van der Waals surface area contributed by atoms with E-state index in [1.165, 1.54) is 0 Å². The maximum atomic E-state index is 11.8. The van der Waals surface area contributed by atoms with Gasteiger partial charge in [0.05, 0.1) is 12.4 Å². The Hall–Kier alpha value is -0.170. The maximum absolute atomic E-state index is 11.8. The summed E-state index contributed by atoms with van der Waals surface area (Å²) in [5, 5.41) is 3.29. The lowest BCUT2D eigenvalue weighted by molar-refractivity contribution is 0.136. The van der Waals surface area contributed by atoms with E-state index < -0.39 is 10.0 Å². The summed E-state index contributed by atoms with van der Waals surface area (Å²) in [6.45, 7) is 5.71. The molecule has 0 amide bonds. The van der Waals surface area contributed by atoms with E-state index in [0.717, 1.165) is 45.2 Å². The summed E-state index contributed by atoms with van der Waals surface area (Å²) in [6, 6.07) is 0. The summed E-state index contributed by atoms with van der Waals surface area (Å²) < 4.78 is 31.5. The molecule has 0 aromatic carbocycles. The van der Waals surface area contributed by atoms with Crippen molar-refractivity contribution in [1.29, 1.82) is 0 Å². The molecule has 0 aromatic rings. The minimum Gasteiger partial charge on any atom is -0.380 e. The fraction of sp³-hybridized carbons (Fsp3) is 1.00. The molecule has 19 heavy (non-hydrogen) atoms. The van der Waals surface area contributed by atoms with Crippen LogP contribution in [0.25, 0.3) is 0 Å². The molecule has 0 aromatic heterocycles. The number of piperidine rings is 1. The van der Waals surface area contributed by atoms with Crippen LogP contribution in [0.1, 0.15) is 39.0 Å². The van der Waals surface area contributed by atoms with Crippen molar-refractivity contribution in [3.63, 3.8) is 0 Å². The molecule has 0 atom stereocenters. The molecule has 0 aliphatic carbocycles. The molecular weight excluding hydrogens is 264 g/mol. The molecule has 1 heterocycles. The van der Waals surface area contributed by atoms with Gasteiger partial charge in [-0.2, -0.15) is 0 Å². The van der Waals surface area contributed by atoms with E-state index in [0.29, 0.717) is 25.7 Å². The molecule has 1 fully saturated rings. The van der Waals surface area contributed by atoms with Gasteiger partial charge in [-0.15, -0.1) is 0 Å². The number of sulfonamides is 1. The zero-order valence-electron chi connectivity index (χ0n) is 12.0.